The van der Waals surface area contributed by atoms with Gasteiger partial charge in [-0.2, -0.15) is 0 Å². The van der Waals surface area contributed by atoms with Crippen molar-refractivity contribution in [2.75, 3.05) is 0 Å². The second kappa shape index (κ2) is 6.29. The lowest BCUT2D eigenvalue weighted by Crippen LogP contribution is -1.95. The van der Waals surface area contributed by atoms with Gasteiger partial charge < -0.3 is 0 Å². The van der Waals surface area contributed by atoms with Crippen LogP contribution in [0.1, 0.15) is 51.8 Å². The van der Waals surface area contributed by atoms with E-state index in [4.69, 9.17) is 0 Å². The standard InChI is InChI=1S/C16H22N2/c1-7-17-13(6)16(12(4)5)14-8-9-15(11(2)3)18-10-14/h7-11H,4H2,1-3,5-6H3/b16-13+,17-7?. The number of rotatable bonds is 4. The number of aromatic nitrogens is 1. The van der Waals surface area contributed by atoms with Crippen molar-refractivity contribution < 1.29 is 0 Å². The zero-order valence-corrected chi connectivity index (χ0v) is 12.0. The Bertz CT molecular complexity index is 476. The maximum absolute atomic E-state index is 4.50. The Labute approximate surface area is 110 Å². The van der Waals surface area contributed by atoms with Crippen LogP contribution in [-0.2, 0) is 0 Å². The van der Waals surface area contributed by atoms with Gasteiger partial charge in [-0.05, 0) is 38.3 Å². The third-order valence-electron chi connectivity index (χ3n) is 2.78. The molecule has 0 aliphatic carbocycles. The van der Waals surface area contributed by atoms with Crippen LogP contribution in [0.5, 0.6) is 0 Å². The zero-order chi connectivity index (χ0) is 13.7. The molecular weight excluding hydrogens is 220 g/mol. The Morgan fingerprint density at radius 2 is 2.00 bits per heavy atom. The molecule has 0 aliphatic heterocycles. The fraction of sp³-hybridized carbons (Fsp3) is 0.375. The summed E-state index contributed by atoms with van der Waals surface area (Å²) < 4.78 is 0. The molecule has 0 amide bonds. The quantitative estimate of drug-likeness (QED) is 0.559. The van der Waals surface area contributed by atoms with E-state index >= 15 is 0 Å². The lowest BCUT2D eigenvalue weighted by molar-refractivity contribution is 0.822. The second-order valence-corrected chi connectivity index (χ2v) is 4.75. The van der Waals surface area contributed by atoms with Gasteiger partial charge in [0.1, 0.15) is 0 Å². The van der Waals surface area contributed by atoms with Gasteiger partial charge in [0.25, 0.3) is 0 Å². The molecule has 1 rings (SSSR count). The summed E-state index contributed by atoms with van der Waals surface area (Å²) in [6.45, 7) is 14.2. The van der Waals surface area contributed by atoms with E-state index in [1.165, 1.54) is 0 Å². The van der Waals surface area contributed by atoms with Crippen LogP contribution in [0.2, 0.25) is 0 Å². The molecule has 0 unspecified atom stereocenters. The highest BCUT2D eigenvalue weighted by atomic mass is 14.7. The van der Waals surface area contributed by atoms with Crippen LogP contribution >= 0.6 is 0 Å². The van der Waals surface area contributed by atoms with Crippen molar-refractivity contribution in [1.29, 1.82) is 0 Å². The number of hydrogen-bond donors (Lipinski definition) is 0. The van der Waals surface area contributed by atoms with Gasteiger partial charge in [0.2, 0.25) is 0 Å². The summed E-state index contributed by atoms with van der Waals surface area (Å²) in [5.41, 5.74) is 5.25. The van der Waals surface area contributed by atoms with Crippen LogP contribution in [0, 0.1) is 0 Å². The molecule has 18 heavy (non-hydrogen) atoms. The third-order valence-corrected chi connectivity index (χ3v) is 2.78. The summed E-state index contributed by atoms with van der Waals surface area (Å²) >= 11 is 0. The van der Waals surface area contributed by atoms with Crippen LogP contribution in [-0.4, -0.2) is 11.2 Å². The van der Waals surface area contributed by atoms with E-state index in [0.717, 1.165) is 28.1 Å². The van der Waals surface area contributed by atoms with Crippen molar-refractivity contribution in [2.24, 2.45) is 4.99 Å². The number of aliphatic imine (C=N–C) groups is 1. The molecule has 2 heteroatoms. The normalized spacial score (nSPS) is 13.0. The number of hydrogen-bond acceptors (Lipinski definition) is 2. The average Bonchev–Trinajstić information content (AvgIpc) is 2.29. The van der Waals surface area contributed by atoms with Crippen molar-refractivity contribution in [1.82, 2.24) is 4.98 Å². The summed E-state index contributed by atoms with van der Waals surface area (Å²) in [6, 6.07) is 4.17. The van der Waals surface area contributed by atoms with Crippen molar-refractivity contribution in [3.8, 4) is 0 Å². The first kappa shape index (κ1) is 14.4. The summed E-state index contributed by atoms with van der Waals surface area (Å²) in [5.74, 6) is 0.450. The zero-order valence-electron chi connectivity index (χ0n) is 12.0. The van der Waals surface area contributed by atoms with E-state index < -0.39 is 0 Å². The maximum Gasteiger partial charge on any atom is 0.0449 e. The van der Waals surface area contributed by atoms with Crippen molar-refractivity contribution >= 4 is 11.8 Å². The van der Waals surface area contributed by atoms with Crippen LogP contribution in [0.25, 0.3) is 5.57 Å². The van der Waals surface area contributed by atoms with Gasteiger partial charge >= 0.3 is 0 Å². The molecule has 1 heterocycles. The molecule has 0 bridgehead atoms. The summed E-state index contributed by atoms with van der Waals surface area (Å²) in [5, 5.41) is 0. The molecule has 0 N–H and O–H groups in total. The van der Waals surface area contributed by atoms with E-state index in [-0.39, 0.29) is 0 Å². The smallest absolute Gasteiger partial charge is 0.0449 e. The van der Waals surface area contributed by atoms with Gasteiger partial charge in [-0.15, -0.1) is 0 Å². The van der Waals surface area contributed by atoms with Gasteiger partial charge in [0.05, 0.1) is 0 Å². The highest BCUT2D eigenvalue weighted by Gasteiger charge is 2.08. The van der Waals surface area contributed by atoms with E-state index in [1.807, 2.05) is 27.0 Å². The molecular formula is C16H22N2. The number of allylic oxidation sites excluding steroid dienone is 3. The van der Waals surface area contributed by atoms with Crippen LogP contribution in [0.15, 0.2) is 41.2 Å². The fourth-order valence-corrected chi connectivity index (χ4v) is 1.92. The molecule has 2 nitrogen and oxygen atoms in total. The SMILES string of the molecule is C=C(C)/C(=C(/C)N=CC)c1ccc(C(C)C)nc1. The van der Waals surface area contributed by atoms with Gasteiger partial charge in [0, 0.05) is 34.9 Å². The fourth-order valence-electron chi connectivity index (χ4n) is 1.92. The Hall–Kier alpha value is -1.70. The summed E-state index contributed by atoms with van der Waals surface area (Å²) in [7, 11) is 0. The molecule has 0 saturated heterocycles. The van der Waals surface area contributed by atoms with E-state index in [9.17, 15) is 0 Å². The molecule has 96 valence electrons. The average molecular weight is 242 g/mol. The van der Waals surface area contributed by atoms with Crippen LogP contribution in [0.3, 0.4) is 0 Å². The Morgan fingerprint density at radius 3 is 2.39 bits per heavy atom. The molecule has 0 fully saturated rings. The van der Waals surface area contributed by atoms with Crippen molar-refractivity contribution in [2.45, 2.75) is 40.5 Å². The highest BCUT2D eigenvalue weighted by molar-refractivity contribution is 5.80. The first-order chi connectivity index (χ1) is 8.47. The summed E-state index contributed by atoms with van der Waals surface area (Å²) in [6.07, 6.45) is 3.71. The van der Waals surface area contributed by atoms with Gasteiger partial charge in [-0.1, -0.05) is 26.5 Å². The topological polar surface area (TPSA) is 25.2 Å². The van der Waals surface area contributed by atoms with Crippen LogP contribution in [0.4, 0.5) is 0 Å². The van der Waals surface area contributed by atoms with Crippen LogP contribution < -0.4 is 0 Å². The first-order valence-electron chi connectivity index (χ1n) is 6.29. The van der Waals surface area contributed by atoms with Crippen molar-refractivity contribution in [3.63, 3.8) is 0 Å². The lowest BCUT2D eigenvalue weighted by Gasteiger charge is -2.11. The molecule has 0 aromatic carbocycles. The summed E-state index contributed by atoms with van der Waals surface area (Å²) in [4.78, 5) is 8.84. The molecule has 0 atom stereocenters. The Kier molecular flexibility index (Phi) is 5.02. The Balaban J connectivity index is 3.24. The lowest BCUT2D eigenvalue weighted by atomic mass is 9.98. The second-order valence-electron chi connectivity index (χ2n) is 4.75. The monoisotopic (exact) mass is 242 g/mol. The minimum Gasteiger partial charge on any atom is -0.266 e. The predicted octanol–water partition coefficient (Wildman–Crippen LogP) is 4.60. The van der Waals surface area contributed by atoms with E-state index in [2.05, 4.69) is 42.5 Å². The van der Waals surface area contributed by atoms with Gasteiger partial charge in [0.15, 0.2) is 0 Å². The van der Waals surface area contributed by atoms with Gasteiger partial charge in [-0.3, -0.25) is 9.98 Å². The molecule has 0 saturated carbocycles. The minimum absolute atomic E-state index is 0.450. The molecule has 1 aromatic rings. The van der Waals surface area contributed by atoms with Gasteiger partial charge in [-0.25, -0.2) is 0 Å². The van der Waals surface area contributed by atoms with Crippen molar-refractivity contribution in [3.05, 3.63) is 47.4 Å². The highest BCUT2D eigenvalue weighted by Crippen LogP contribution is 2.26. The molecule has 0 radical (unpaired) electrons. The minimum atomic E-state index is 0.450. The predicted molar refractivity (Wildman–Crippen MR) is 79.9 cm³/mol. The maximum atomic E-state index is 4.50. The first-order valence-corrected chi connectivity index (χ1v) is 6.29. The number of nitrogens with zero attached hydrogens (tertiary/aromatic N) is 2. The third kappa shape index (κ3) is 3.39. The Morgan fingerprint density at radius 1 is 1.33 bits per heavy atom. The van der Waals surface area contributed by atoms with E-state index in [1.54, 1.807) is 6.21 Å². The van der Waals surface area contributed by atoms with E-state index in [0.29, 0.717) is 5.92 Å². The molecule has 0 spiro atoms. The molecule has 0 aliphatic rings. The molecule has 1 aromatic heterocycles. The largest absolute Gasteiger partial charge is 0.266 e. The number of pyridine rings is 1.